The van der Waals surface area contributed by atoms with Gasteiger partial charge in [-0.15, -0.1) is 0 Å². The van der Waals surface area contributed by atoms with Gasteiger partial charge in [-0.05, 0) is 74.3 Å². The smallest absolute Gasteiger partial charge is 0.416 e. The molecule has 3 aromatic rings. The average molecular weight is 697 g/mol. The topological polar surface area (TPSA) is 191 Å². The van der Waals surface area contributed by atoms with Crippen molar-refractivity contribution in [1.82, 2.24) is 5.32 Å². The fourth-order valence-corrected chi connectivity index (χ4v) is 4.69. The van der Waals surface area contributed by atoms with E-state index in [4.69, 9.17) is 26.7 Å². The number of halogens is 6. The Morgan fingerprint density at radius 2 is 1.51 bits per heavy atom. The van der Waals surface area contributed by atoms with E-state index in [2.05, 4.69) is 26.3 Å². The number of nitrogens with zero attached hydrogens (tertiary/aromatic N) is 1. The van der Waals surface area contributed by atoms with Gasteiger partial charge in [0.25, 0.3) is 0 Å². The van der Waals surface area contributed by atoms with Crippen LogP contribution in [0.1, 0.15) is 36.8 Å². The summed E-state index contributed by atoms with van der Waals surface area (Å²) in [6, 6.07) is 8.64. The van der Waals surface area contributed by atoms with Crippen LogP contribution in [0.4, 0.5) is 53.9 Å². The van der Waals surface area contributed by atoms with Crippen molar-refractivity contribution in [3.05, 3.63) is 65.7 Å². The number of urea groups is 1. The third-order valence-electron chi connectivity index (χ3n) is 6.95. The molecule has 18 heteroatoms. The summed E-state index contributed by atoms with van der Waals surface area (Å²) in [5, 5.41) is 10.4. The van der Waals surface area contributed by atoms with Gasteiger partial charge in [0.2, 0.25) is 5.91 Å². The lowest BCUT2D eigenvalue weighted by atomic mass is 10.1. The zero-order valence-electron chi connectivity index (χ0n) is 25.8. The molecule has 0 aliphatic carbocycles. The van der Waals surface area contributed by atoms with Crippen LogP contribution in [-0.4, -0.2) is 43.6 Å². The molecule has 1 aliphatic heterocycles. The molecule has 4 rings (SSSR count). The average Bonchev–Trinajstić information content (AvgIpc) is 3.51. The van der Waals surface area contributed by atoms with Crippen molar-refractivity contribution >= 4 is 40.6 Å². The maximum Gasteiger partial charge on any atom is 0.416 e. The van der Waals surface area contributed by atoms with Crippen molar-refractivity contribution in [2.45, 2.75) is 44.1 Å². The quantitative estimate of drug-likeness (QED) is 0.0402. The van der Waals surface area contributed by atoms with E-state index < -0.39 is 41.5 Å². The van der Waals surface area contributed by atoms with E-state index in [0.29, 0.717) is 38.4 Å². The number of unbranched alkanes of at least 4 members (excludes halogenated alkanes) is 1. The molecule has 0 spiro atoms. The van der Waals surface area contributed by atoms with Crippen molar-refractivity contribution in [2.24, 2.45) is 16.5 Å². The minimum atomic E-state index is -4.85. The molecule has 264 valence electrons. The molecule has 0 aromatic heterocycles. The molecule has 10 N–H and O–H groups in total. The van der Waals surface area contributed by atoms with E-state index in [1.165, 1.54) is 30.3 Å². The molecule has 49 heavy (non-hydrogen) atoms. The first-order valence-corrected chi connectivity index (χ1v) is 14.9. The summed E-state index contributed by atoms with van der Waals surface area (Å²) < 4.78 is 92.8. The first kappa shape index (κ1) is 36.4. The van der Waals surface area contributed by atoms with Gasteiger partial charge >= 0.3 is 18.4 Å². The largest absolute Gasteiger partial charge is 0.485 e. The lowest BCUT2D eigenvalue weighted by Crippen LogP contribution is -2.25. The number of amides is 3. The Balaban J connectivity index is 1.52. The summed E-state index contributed by atoms with van der Waals surface area (Å²) in [5.74, 6) is -0.931. The fourth-order valence-electron chi connectivity index (χ4n) is 4.69. The number of benzene rings is 3. The molecule has 1 fully saturated rings. The van der Waals surface area contributed by atoms with Crippen LogP contribution in [0.15, 0.2) is 59.6 Å². The molecule has 1 unspecified atom stereocenters. The van der Waals surface area contributed by atoms with Gasteiger partial charge in [0, 0.05) is 37.0 Å². The molecule has 1 saturated heterocycles. The Bertz CT molecular complexity index is 1660. The van der Waals surface area contributed by atoms with Gasteiger partial charge in [-0.1, -0.05) is 0 Å². The first-order valence-electron chi connectivity index (χ1n) is 14.9. The van der Waals surface area contributed by atoms with Crippen molar-refractivity contribution in [3.63, 3.8) is 0 Å². The summed E-state index contributed by atoms with van der Waals surface area (Å²) in [6.07, 6.45) is -8.69. The zero-order valence-corrected chi connectivity index (χ0v) is 25.8. The molecule has 1 aliphatic rings. The maximum atomic E-state index is 14.0. The first-order chi connectivity index (χ1) is 23.1. The third kappa shape index (κ3) is 11.1. The number of carbonyl (C=O) groups is 2. The summed E-state index contributed by atoms with van der Waals surface area (Å²) in [6.45, 7) is 1.24. The molecule has 3 amide bonds. The van der Waals surface area contributed by atoms with Gasteiger partial charge in [0.05, 0.1) is 22.5 Å². The van der Waals surface area contributed by atoms with Gasteiger partial charge in [-0.25, -0.2) is 4.79 Å². The summed E-state index contributed by atoms with van der Waals surface area (Å²) in [7, 11) is 0. The second-order valence-corrected chi connectivity index (χ2v) is 10.9. The molecule has 12 nitrogen and oxygen atoms in total. The highest BCUT2D eigenvalue weighted by atomic mass is 19.4. The number of nitrogens with two attached hydrogens (primary N) is 3. The summed E-state index contributed by atoms with van der Waals surface area (Å²) >= 11 is 0. The SMILES string of the molecule is NC(N)=NCCCCC(=O)Nc1cc(C(F)(F)F)cc(NC(=O)Nc2ccc(Oc3cc(N)cc(C(F)(F)F)c3)cc2)c1OC1CCNC1. The number of carbonyl (C=O) groups excluding carboxylic acids is 2. The number of nitrogens with one attached hydrogen (secondary N) is 4. The molecule has 3 aromatic carbocycles. The Morgan fingerprint density at radius 3 is 2.12 bits per heavy atom. The predicted molar refractivity (Wildman–Crippen MR) is 172 cm³/mol. The number of rotatable bonds is 12. The predicted octanol–water partition coefficient (Wildman–Crippen LogP) is 5.87. The molecule has 0 bridgehead atoms. The minimum Gasteiger partial charge on any atom is -0.485 e. The molecule has 1 atom stereocenters. The zero-order chi connectivity index (χ0) is 35.8. The second kappa shape index (κ2) is 15.7. The van der Waals surface area contributed by atoms with Crippen LogP contribution in [-0.2, 0) is 17.1 Å². The molecule has 0 saturated carbocycles. The van der Waals surface area contributed by atoms with E-state index in [0.717, 1.165) is 18.2 Å². The Labute approximate surface area is 276 Å². The van der Waals surface area contributed by atoms with Crippen LogP contribution in [0.2, 0.25) is 0 Å². The number of anilines is 4. The number of ether oxygens (including phenoxy) is 2. The van der Waals surface area contributed by atoms with Gasteiger partial charge in [-0.2, -0.15) is 26.3 Å². The van der Waals surface area contributed by atoms with Crippen LogP contribution in [0, 0.1) is 0 Å². The van der Waals surface area contributed by atoms with Gasteiger partial charge in [0.15, 0.2) is 11.7 Å². The van der Waals surface area contributed by atoms with E-state index in [1.807, 2.05) is 0 Å². The molecular weight excluding hydrogens is 662 g/mol. The van der Waals surface area contributed by atoms with Gasteiger partial charge in [0.1, 0.15) is 17.6 Å². The Hall–Kier alpha value is -5.39. The summed E-state index contributed by atoms with van der Waals surface area (Å²) in [5.41, 5.74) is 13.3. The lowest BCUT2D eigenvalue weighted by molar-refractivity contribution is -0.138. The van der Waals surface area contributed by atoms with Crippen molar-refractivity contribution < 1.29 is 45.4 Å². The van der Waals surface area contributed by atoms with Crippen molar-refractivity contribution in [3.8, 4) is 17.2 Å². The number of hydrogen-bond donors (Lipinski definition) is 7. The fraction of sp³-hybridized carbons (Fsp3) is 0.323. The van der Waals surface area contributed by atoms with Crippen molar-refractivity contribution in [2.75, 3.05) is 41.3 Å². The van der Waals surface area contributed by atoms with Crippen LogP contribution in [0.3, 0.4) is 0 Å². The summed E-state index contributed by atoms with van der Waals surface area (Å²) in [4.78, 5) is 29.6. The highest BCUT2D eigenvalue weighted by Crippen LogP contribution is 2.42. The Kier molecular flexibility index (Phi) is 11.7. The molecule has 1 heterocycles. The van der Waals surface area contributed by atoms with E-state index in [1.54, 1.807) is 0 Å². The molecule has 0 radical (unpaired) electrons. The lowest BCUT2D eigenvalue weighted by Gasteiger charge is -2.22. The second-order valence-electron chi connectivity index (χ2n) is 10.9. The standard InChI is InChI=1S/C31H34F6N8O4/c32-30(33,34)17-11-19(38)15-23(12-17)48-21-6-4-20(5-7-21)43-29(47)45-25-14-18(31(35,36)37)13-24(27(25)49-22-8-10-41-16-22)44-26(46)3-1-2-9-42-28(39)40/h4-7,11-15,22,41H,1-3,8-10,16,38H2,(H,44,46)(H4,39,40,42)(H2,43,45,47). The van der Waals surface area contributed by atoms with E-state index in [-0.39, 0.29) is 58.9 Å². The van der Waals surface area contributed by atoms with E-state index >= 15 is 0 Å². The number of hydrogen-bond acceptors (Lipinski definition) is 7. The highest BCUT2D eigenvalue weighted by molar-refractivity contribution is 6.02. The normalized spacial score (nSPS) is 14.5. The van der Waals surface area contributed by atoms with Crippen molar-refractivity contribution in [1.29, 1.82) is 0 Å². The molecular formula is C31H34F6N8O4. The number of nitrogen functional groups attached to an aromatic ring is 1. The van der Waals surface area contributed by atoms with Crippen LogP contribution >= 0.6 is 0 Å². The van der Waals surface area contributed by atoms with Gasteiger partial charge in [-0.3, -0.25) is 9.79 Å². The minimum absolute atomic E-state index is 0.0508. The number of alkyl halides is 6. The van der Waals surface area contributed by atoms with Gasteiger partial charge < -0.3 is 47.9 Å². The highest BCUT2D eigenvalue weighted by Gasteiger charge is 2.34. The van der Waals surface area contributed by atoms with Crippen LogP contribution in [0.5, 0.6) is 17.2 Å². The number of guanidine groups is 1. The Morgan fingerprint density at radius 1 is 0.857 bits per heavy atom. The maximum absolute atomic E-state index is 14.0. The third-order valence-corrected chi connectivity index (χ3v) is 6.95. The number of aliphatic imine (C=N–C) groups is 1. The monoisotopic (exact) mass is 696 g/mol. The van der Waals surface area contributed by atoms with Crippen LogP contribution < -0.4 is 47.9 Å². The van der Waals surface area contributed by atoms with E-state index in [9.17, 15) is 35.9 Å². The van der Waals surface area contributed by atoms with Crippen LogP contribution in [0.25, 0.3) is 0 Å².